The van der Waals surface area contributed by atoms with Gasteiger partial charge in [-0.3, -0.25) is 0 Å². The quantitative estimate of drug-likeness (QED) is 0.672. The number of imidazole rings is 1. The largest absolute Gasteiger partial charge is 0.497 e. The van der Waals surface area contributed by atoms with E-state index >= 15 is 0 Å². The zero-order valence-electron chi connectivity index (χ0n) is 10.5. The maximum Gasteiger partial charge on any atom is 0.120 e. The van der Waals surface area contributed by atoms with Crippen LogP contribution in [0.5, 0.6) is 5.75 Å². The monoisotopic (exact) mass is 248 g/mol. The minimum Gasteiger partial charge on any atom is -0.497 e. The molecule has 0 spiro atoms. The van der Waals surface area contributed by atoms with Gasteiger partial charge in [-0.15, -0.1) is 0 Å². The van der Waals surface area contributed by atoms with Gasteiger partial charge in [-0.2, -0.15) is 0 Å². The molecule has 3 aromatic rings. The zero-order chi connectivity index (χ0) is 13.1. The summed E-state index contributed by atoms with van der Waals surface area (Å²) in [5.41, 5.74) is 3.74. The van der Waals surface area contributed by atoms with E-state index in [0.29, 0.717) is 0 Å². The Hall–Kier alpha value is -2.73. The first kappa shape index (κ1) is 11.4. The highest BCUT2D eigenvalue weighted by Gasteiger charge is 1.99. The minimum atomic E-state index is 0.810. The van der Waals surface area contributed by atoms with Crippen molar-refractivity contribution in [2.75, 3.05) is 7.11 Å². The molecule has 2 aromatic carbocycles. The number of methoxy groups -OCH3 is 1. The van der Waals surface area contributed by atoms with Gasteiger partial charge in [0.15, 0.2) is 0 Å². The lowest BCUT2D eigenvalue weighted by molar-refractivity contribution is 0.414. The van der Waals surface area contributed by atoms with Crippen molar-refractivity contribution in [3.8, 4) is 17.6 Å². The molecule has 0 saturated carbocycles. The molecule has 0 aliphatic rings. The number of hydrogen-bond donors (Lipinski definition) is 1. The molecule has 1 aromatic heterocycles. The number of hydrogen-bond acceptors (Lipinski definition) is 2. The Morgan fingerprint density at radius 2 is 2.00 bits per heavy atom. The van der Waals surface area contributed by atoms with Crippen LogP contribution in [0.25, 0.3) is 11.0 Å². The molecule has 0 atom stereocenters. The van der Waals surface area contributed by atoms with Crippen molar-refractivity contribution < 1.29 is 4.74 Å². The molecule has 0 bridgehead atoms. The summed E-state index contributed by atoms with van der Waals surface area (Å²) in [4.78, 5) is 7.36. The minimum absolute atomic E-state index is 0.810. The first-order valence-corrected chi connectivity index (χ1v) is 5.95. The number of ether oxygens (including phenoxy) is 1. The molecule has 0 amide bonds. The lowest BCUT2D eigenvalue weighted by Crippen LogP contribution is -1.83. The third-order valence-electron chi connectivity index (χ3n) is 2.86. The average molecular weight is 248 g/mol. The van der Waals surface area contributed by atoms with Crippen molar-refractivity contribution >= 4 is 11.0 Å². The fourth-order valence-electron chi connectivity index (χ4n) is 1.91. The Balaban J connectivity index is 2.01. The Bertz CT molecular complexity index is 778. The molecule has 0 fully saturated rings. The van der Waals surface area contributed by atoms with Crippen LogP contribution in [-0.2, 0) is 0 Å². The summed E-state index contributed by atoms with van der Waals surface area (Å²) >= 11 is 0. The van der Waals surface area contributed by atoms with E-state index in [1.807, 2.05) is 42.5 Å². The molecule has 0 unspecified atom stereocenters. The third-order valence-corrected chi connectivity index (χ3v) is 2.86. The lowest BCUT2D eigenvalue weighted by atomic mass is 10.1. The SMILES string of the molecule is COc1cccc(C#Cc2cccc3[nH]cnc23)c1. The number of H-pyrrole nitrogens is 1. The van der Waals surface area contributed by atoms with Crippen LogP contribution in [0.3, 0.4) is 0 Å². The summed E-state index contributed by atoms with van der Waals surface area (Å²) in [6.45, 7) is 0. The van der Waals surface area contributed by atoms with Crippen LogP contribution in [0.1, 0.15) is 11.1 Å². The van der Waals surface area contributed by atoms with Gasteiger partial charge in [0.25, 0.3) is 0 Å². The van der Waals surface area contributed by atoms with Crippen molar-refractivity contribution in [1.82, 2.24) is 9.97 Å². The molecule has 19 heavy (non-hydrogen) atoms. The first-order valence-electron chi connectivity index (χ1n) is 5.95. The Labute approximate surface area is 111 Å². The maximum atomic E-state index is 5.18. The van der Waals surface area contributed by atoms with Gasteiger partial charge in [0.2, 0.25) is 0 Å². The van der Waals surface area contributed by atoms with Gasteiger partial charge in [0, 0.05) is 5.56 Å². The number of fused-ring (bicyclic) bond motifs is 1. The molecular formula is C16H12N2O. The Morgan fingerprint density at radius 1 is 1.11 bits per heavy atom. The van der Waals surface area contributed by atoms with Gasteiger partial charge >= 0.3 is 0 Å². The highest BCUT2D eigenvalue weighted by molar-refractivity contribution is 5.81. The molecule has 1 N–H and O–H groups in total. The van der Waals surface area contributed by atoms with E-state index in [2.05, 4.69) is 21.8 Å². The van der Waals surface area contributed by atoms with Crippen LogP contribution in [0.2, 0.25) is 0 Å². The van der Waals surface area contributed by atoms with Gasteiger partial charge in [-0.05, 0) is 30.3 Å². The van der Waals surface area contributed by atoms with E-state index in [1.165, 1.54) is 0 Å². The highest BCUT2D eigenvalue weighted by atomic mass is 16.5. The lowest BCUT2D eigenvalue weighted by Gasteiger charge is -1.98. The molecule has 0 saturated heterocycles. The van der Waals surface area contributed by atoms with Gasteiger partial charge in [0.1, 0.15) is 11.3 Å². The second kappa shape index (κ2) is 4.87. The fourth-order valence-corrected chi connectivity index (χ4v) is 1.91. The number of aromatic nitrogens is 2. The van der Waals surface area contributed by atoms with E-state index < -0.39 is 0 Å². The van der Waals surface area contributed by atoms with Crippen LogP contribution in [-0.4, -0.2) is 17.1 Å². The van der Waals surface area contributed by atoms with Gasteiger partial charge in [-0.1, -0.05) is 24.0 Å². The topological polar surface area (TPSA) is 37.9 Å². The van der Waals surface area contributed by atoms with E-state index in [9.17, 15) is 0 Å². The second-order valence-corrected chi connectivity index (χ2v) is 4.09. The average Bonchev–Trinajstić information content (AvgIpc) is 2.94. The van der Waals surface area contributed by atoms with Crippen molar-refractivity contribution in [2.24, 2.45) is 0 Å². The molecule has 3 rings (SSSR count). The normalized spacial score (nSPS) is 9.95. The molecular weight excluding hydrogens is 236 g/mol. The van der Waals surface area contributed by atoms with Crippen LogP contribution < -0.4 is 4.74 Å². The van der Waals surface area contributed by atoms with E-state index in [4.69, 9.17) is 4.74 Å². The Morgan fingerprint density at radius 3 is 2.89 bits per heavy atom. The third kappa shape index (κ3) is 2.29. The van der Waals surface area contributed by atoms with Gasteiger partial charge in [0.05, 0.1) is 24.5 Å². The molecule has 1 heterocycles. The predicted molar refractivity (Wildman–Crippen MR) is 75.1 cm³/mol. The summed E-state index contributed by atoms with van der Waals surface area (Å²) in [5, 5.41) is 0. The van der Waals surface area contributed by atoms with Gasteiger partial charge in [-0.25, -0.2) is 4.98 Å². The van der Waals surface area contributed by atoms with Crippen LogP contribution in [0.15, 0.2) is 48.8 Å². The standard InChI is InChI=1S/C16H12N2O/c1-19-14-6-2-4-12(10-14)8-9-13-5-3-7-15-16(13)18-11-17-15/h2-7,10-11H,1H3,(H,17,18). The number of nitrogens with zero attached hydrogens (tertiary/aromatic N) is 1. The van der Waals surface area contributed by atoms with Crippen LogP contribution in [0, 0.1) is 11.8 Å². The van der Waals surface area contributed by atoms with E-state index in [-0.39, 0.29) is 0 Å². The summed E-state index contributed by atoms with van der Waals surface area (Å²) in [5.74, 6) is 7.10. The molecule has 0 aliphatic carbocycles. The summed E-state index contributed by atoms with van der Waals surface area (Å²) in [6.07, 6.45) is 1.68. The molecule has 0 aliphatic heterocycles. The molecule has 3 heteroatoms. The number of para-hydroxylation sites is 1. The number of aromatic amines is 1. The van der Waals surface area contributed by atoms with Crippen LogP contribution in [0.4, 0.5) is 0 Å². The van der Waals surface area contributed by atoms with Crippen LogP contribution >= 0.6 is 0 Å². The maximum absolute atomic E-state index is 5.18. The second-order valence-electron chi connectivity index (χ2n) is 4.09. The highest BCUT2D eigenvalue weighted by Crippen LogP contribution is 2.14. The zero-order valence-corrected chi connectivity index (χ0v) is 10.5. The number of rotatable bonds is 1. The molecule has 3 nitrogen and oxygen atoms in total. The molecule has 0 radical (unpaired) electrons. The van der Waals surface area contributed by atoms with Crippen molar-refractivity contribution in [3.63, 3.8) is 0 Å². The fraction of sp³-hybridized carbons (Fsp3) is 0.0625. The molecule has 92 valence electrons. The predicted octanol–water partition coefficient (Wildman–Crippen LogP) is 2.97. The van der Waals surface area contributed by atoms with Gasteiger partial charge < -0.3 is 9.72 Å². The summed E-state index contributed by atoms with van der Waals surface area (Å²) in [7, 11) is 1.65. The number of benzene rings is 2. The van der Waals surface area contributed by atoms with E-state index in [1.54, 1.807) is 13.4 Å². The first-order chi connectivity index (χ1) is 9.36. The summed E-state index contributed by atoms with van der Waals surface area (Å²) in [6, 6.07) is 13.6. The summed E-state index contributed by atoms with van der Waals surface area (Å²) < 4.78 is 5.18. The van der Waals surface area contributed by atoms with Crippen molar-refractivity contribution in [3.05, 3.63) is 59.9 Å². The number of nitrogens with one attached hydrogen (secondary N) is 1. The van der Waals surface area contributed by atoms with Crippen molar-refractivity contribution in [1.29, 1.82) is 0 Å². The van der Waals surface area contributed by atoms with Crippen molar-refractivity contribution in [2.45, 2.75) is 0 Å². The Kier molecular flexibility index (Phi) is 2.91. The van der Waals surface area contributed by atoms with E-state index in [0.717, 1.165) is 27.9 Å². The smallest absolute Gasteiger partial charge is 0.120 e.